The molecular weight excluding hydrogens is 396 g/mol. The van der Waals surface area contributed by atoms with Gasteiger partial charge >= 0.3 is 0 Å². The van der Waals surface area contributed by atoms with Crippen LogP contribution in [-0.2, 0) is 9.59 Å². The number of thioether (sulfide) groups is 1. The molecule has 30 heavy (non-hydrogen) atoms. The number of amides is 2. The number of nitrogen functional groups attached to an aromatic ring is 1. The van der Waals surface area contributed by atoms with Gasteiger partial charge in [0.15, 0.2) is 0 Å². The van der Waals surface area contributed by atoms with Crippen LogP contribution >= 0.6 is 11.8 Å². The van der Waals surface area contributed by atoms with Crippen molar-refractivity contribution < 1.29 is 9.59 Å². The van der Waals surface area contributed by atoms with Crippen molar-refractivity contribution in [3.8, 4) is 0 Å². The van der Waals surface area contributed by atoms with E-state index in [-0.39, 0.29) is 18.2 Å². The van der Waals surface area contributed by atoms with Crippen molar-refractivity contribution in [3.05, 3.63) is 90.5 Å². The Morgan fingerprint density at radius 3 is 2.40 bits per heavy atom. The number of hydrogen-bond donors (Lipinski definition) is 2. The molecule has 0 fully saturated rings. The van der Waals surface area contributed by atoms with Gasteiger partial charge < -0.3 is 11.1 Å². The number of hydrazone groups is 1. The van der Waals surface area contributed by atoms with E-state index in [9.17, 15) is 9.59 Å². The van der Waals surface area contributed by atoms with Gasteiger partial charge in [-0.25, -0.2) is 0 Å². The summed E-state index contributed by atoms with van der Waals surface area (Å²) in [6.45, 7) is 0. The largest absolute Gasteiger partial charge is 0.399 e. The Hall–Kier alpha value is -3.58. The van der Waals surface area contributed by atoms with Gasteiger partial charge in [-0.05, 0) is 35.9 Å². The van der Waals surface area contributed by atoms with E-state index < -0.39 is 5.25 Å². The molecule has 0 spiro atoms. The van der Waals surface area contributed by atoms with Crippen LogP contribution in [0.3, 0.4) is 0 Å². The number of nitrogens with one attached hydrogen (secondary N) is 1. The molecule has 0 bridgehead atoms. The van der Waals surface area contributed by atoms with E-state index >= 15 is 0 Å². The van der Waals surface area contributed by atoms with Gasteiger partial charge in [-0.2, -0.15) is 10.1 Å². The Morgan fingerprint density at radius 2 is 1.70 bits per heavy atom. The molecule has 2 amide bonds. The van der Waals surface area contributed by atoms with Gasteiger partial charge in [0.25, 0.3) is 5.91 Å². The highest BCUT2D eigenvalue weighted by molar-refractivity contribution is 8.00. The molecule has 1 unspecified atom stereocenters. The molecule has 150 valence electrons. The summed E-state index contributed by atoms with van der Waals surface area (Å²) in [7, 11) is 0. The third-order valence-corrected chi connectivity index (χ3v) is 5.74. The Labute approximate surface area is 178 Å². The molecule has 3 aromatic rings. The molecule has 1 aliphatic rings. The summed E-state index contributed by atoms with van der Waals surface area (Å²) in [6, 6.07) is 26.0. The van der Waals surface area contributed by atoms with E-state index in [2.05, 4.69) is 10.4 Å². The van der Waals surface area contributed by atoms with Gasteiger partial charge in [0.1, 0.15) is 11.1 Å². The van der Waals surface area contributed by atoms with Crippen molar-refractivity contribution in [2.45, 2.75) is 16.6 Å². The zero-order valence-corrected chi connectivity index (χ0v) is 16.9. The standard InChI is InChI=1S/C23H20N4O2S/c24-17-10-7-13-19(14-17)30-22(16-8-3-1-4-9-16)23(29)25-20-15-21(28)27(26-20)18-11-5-2-6-12-18/h1-14,22H,15,24H2,(H,25,26,29). The molecule has 7 heteroatoms. The smallest absolute Gasteiger partial charge is 0.255 e. The first kappa shape index (κ1) is 19.7. The van der Waals surface area contributed by atoms with Crippen LogP contribution in [0.1, 0.15) is 17.2 Å². The number of anilines is 2. The first-order chi connectivity index (χ1) is 14.6. The fourth-order valence-corrected chi connectivity index (χ4v) is 4.20. The van der Waals surface area contributed by atoms with E-state index in [4.69, 9.17) is 5.73 Å². The average Bonchev–Trinajstić information content (AvgIpc) is 3.13. The molecule has 0 aromatic heterocycles. The number of nitrogens with zero attached hydrogens (tertiary/aromatic N) is 2. The number of para-hydroxylation sites is 1. The second-order valence-electron chi connectivity index (χ2n) is 6.73. The first-order valence-electron chi connectivity index (χ1n) is 9.43. The van der Waals surface area contributed by atoms with E-state index in [0.29, 0.717) is 17.2 Å². The van der Waals surface area contributed by atoms with Gasteiger partial charge in [0, 0.05) is 10.6 Å². The monoisotopic (exact) mass is 416 g/mol. The predicted molar refractivity (Wildman–Crippen MR) is 120 cm³/mol. The van der Waals surface area contributed by atoms with Crippen molar-refractivity contribution >= 4 is 40.8 Å². The number of nitrogens with two attached hydrogens (primary N) is 1. The van der Waals surface area contributed by atoms with Gasteiger partial charge in [-0.3, -0.25) is 9.59 Å². The zero-order chi connectivity index (χ0) is 20.9. The third-order valence-electron chi connectivity index (χ3n) is 4.50. The minimum Gasteiger partial charge on any atom is -0.399 e. The summed E-state index contributed by atoms with van der Waals surface area (Å²) in [5, 5.41) is 7.96. The lowest BCUT2D eigenvalue weighted by Gasteiger charge is -2.17. The molecule has 1 heterocycles. The van der Waals surface area contributed by atoms with Crippen LogP contribution in [-0.4, -0.2) is 17.6 Å². The van der Waals surface area contributed by atoms with E-state index in [1.165, 1.54) is 16.8 Å². The Morgan fingerprint density at radius 1 is 1.00 bits per heavy atom. The molecular formula is C23H20N4O2S. The minimum atomic E-state index is -0.517. The number of carbonyl (C=O) groups excluding carboxylic acids is 2. The molecule has 0 radical (unpaired) electrons. The van der Waals surface area contributed by atoms with Crippen molar-refractivity contribution in [2.75, 3.05) is 10.7 Å². The molecule has 0 aliphatic carbocycles. The van der Waals surface area contributed by atoms with Crippen LogP contribution in [0.15, 0.2) is 94.9 Å². The average molecular weight is 417 g/mol. The Kier molecular flexibility index (Phi) is 5.81. The maximum Gasteiger partial charge on any atom is 0.255 e. The summed E-state index contributed by atoms with van der Waals surface area (Å²) in [5.74, 6) is -0.0886. The summed E-state index contributed by atoms with van der Waals surface area (Å²) in [5.41, 5.74) is 8.05. The van der Waals surface area contributed by atoms with Crippen LogP contribution < -0.4 is 16.1 Å². The first-order valence-corrected chi connectivity index (χ1v) is 10.3. The lowest BCUT2D eigenvalue weighted by atomic mass is 10.1. The Balaban J connectivity index is 1.55. The number of amidine groups is 1. The normalized spacial score (nSPS) is 14.3. The second kappa shape index (κ2) is 8.84. The second-order valence-corrected chi connectivity index (χ2v) is 7.91. The summed E-state index contributed by atoms with van der Waals surface area (Å²) >= 11 is 1.40. The van der Waals surface area contributed by atoms with Gasteiger partial charge in [-0.1, -0.05) is 54.6 Å². The SMILES string of the molecule is Nc1cccc(SC(C(=O)NC2=NN(c3ccccc3)C(=O)C2)c2ccccc2)c1. The maximum absolute atomic E-state index is 13.2. The highest BCUT2D eigenvalue weighted by Gasteiger charge is 2.29. The molecule has 3 N–H and O–H groups in total. The van der Waals surface area contributed by atoms with Crippen molar-refractivity contribution in [1.29, 1.82) is 0 Å². The van der Waals surface area contributed by atoms with Gasteiger partial charge in [0.05, 0.1) is 12.1 Å². The maximum atomic E-state index is 13.2. The summed E-state index contributed by atoms with van der Waals surface area (Å²) in [6.07, 6.45) is 0.0467. The predicted octanol–water partition coefficient (Wildman–Crippen LogP) is 3.97. The number of carbonyl (C=O) groups is 2. The van der Waals surface area contributed by atoms with Crippen LogP contribution in [0.4, 0.5) is 11.4 Å². The Bertz CT molecular complexity index is 1090. The highest BCUT2D eigenvalue weighted by atomic mass is 32.2. The fraction of sp³-hybridized carbons (Fsp3) is 0.0870. The van der Waals surface area contributed by atoms with E-state index in [1.54, 1.807) is 18.2 Å². The topological polar surface area (TPSA) is 87.8 Å². The van der Waals surface area contributed by atoms with E-state index in [0.717, 1.165) is 10.5 Å². The van der Waals surface area contributed by atoms with Gasteiger partial charge in [-0.15, -0.1) is 11.8 Å². The molecule has 1 atom stereocenters. The van der Waals surface area contributed by atoms with Gasteiger partial charge in [0.2, 0.25) is 5.91 Å². The number of hydrogen-bond acceptors (Lipinski definition) is 5. The van der Waals surface area contributed by atoms with Crippen LogP contribution in [0.5, 0.6) is 0 Å². The molecule has 4 rings (SSSR count). The van der Waals surface area contributed by atoms with Crippen molar-refractivity contribution in [1.82, 2.24) is 5.32 Å². The van der Waals surface area contributed by atoms with Crippen LogP contribution in [0.25, 0.3) is 0 Å². The van der Waals surface area contributed by atoms with Crippen molar-refractivity contribution in [2.24, 2.45) is 5.10 Å². The number of benzene rings is 3. The molecule has 6 nitrogen and oxygen atoms in total. The van der Waals surface area contributed by atoms with E-state index in [1.807, 2.05) is 66.7 Å². The molecule has 1 aliphatic heterocycles. The molecule has 3 aromatic carbocycles. The fourth-order valence-electron chi connectivity index (χ4n) is 3.10. The highest BCUT2D eigenvalue weighted by Crippen LogP contribution is 2.36. The quantitative estimate of drug-likeness (QED) is 0.487. The van der Waals surface area contributed by atoms with Crippen molar-refractivity contribution in [3.63, 3.8) is 0 Å². The summed E-state index contributed by atoms with van der Waals surface area (Å²) in [4.78, 5) is 26.4. The minimum absolute atomic E-state index is 0.0467. The molecule has 0 saturated carbocycles. The number of rotatable bonds is 5. The summed E-state index contributed by atoms with van der Waals surface area (Å²) < 4.78 is 0. The molecule has 0 saturated heterocycles. The lowest BCUT2D eigenvalue weighted by molar-refractivity contribution is -0.119. The van der Waals surface area contributed by atoms with Crippen LogP contribution in [0.2, 0.25) is 0 Å². The van der Waals surface area contributed by atoms with Crippen LogP contribution in [0, 0.1) is 0 Å². The zero-order valence-electron chi connectivity index (χ0n) is 16.1. The lowest BCUT2D eigenvalue weighted by Crippen LogP contribution is -2.33. The third kappa shape index (κ3) is 4.52.